The van der Waals surface area contributed by atoms with Crippen molar-refractivity contribution in [1.29, 1.82) is 0 Å². The molecule has 1 atom stereocenters. The maximum absolute atomic E-state index is 13.8. The van der Waals surface area contributed by atoms with Crippen molar-refractivity contribution in [3.05, 3.63) is 53.1 Å². The average molecular weight is 330 g/mol. The number of benzene rings is 1. The predicted molar refractivity (Wildman–Crippen MR) is 90.1 cm³/mol. The second-order valence-corrected chi connectivity index (χ2v) is 6.48. The quantitative estimate of drug-likeness (QED) is 0.885. The molecule has 24 heavy (non-hydrogen) atoms. The molecule has 1 aromatic heterocycles. The molecule has 2 aromatic rings. The van der Waals surface area contributed by atoms with Crippen LogP contribution in [-0.2, 0) is 6.54 Å². The van der Waals surface area contributed by atoms with E-state index in [-0.39, 0.29) is 11.7 Å². The molecule has 0 radical (unpaired) electrons. The van der Waals surface area contributed by atoms with Gasteiger partial charge >= 0.3 is 0 Å². The van der Waals surface area contributed by atoms with Crippen LogP contribution in [0.2, 0.25) is 0 Å². The van der Waals surface area contributed by atoms with Crippen LogP contribution in [0.5, 0.6) is 0 Å². The predicted octanol–water partition coefficient (Wildman–Crippen LogP) is 2.50. The third-order valence-electron chi connectivity index (χ3n) is 4.44. The van der Waals surface area contributed by atoms with Crippen LogP contribution in [0.1, 0.15) is 34.6 Å². The molecule has 2 heterocycles. The van der Waals surface area contributed by atoms with Crippen LogP contribution in [0.4, 0.5) is 4.39 Å². The molecule has 0 unspecified atom stereocenters. The fourth-order valence-corrected chi connectivity index (χ4v) is 3.19. The van der Waals surface area contributed by atoms with Gasteiger partial charge in [-0.2, -0.15) is 5.10 Å². The summed E-state index contributed by atoms with van der Waals surface area (Å²) < 4.78 is 13.8. The van der Waals surface area contributed by atoms with Crippen molar-refractivity contribution in [2.24, 2.45) is 5.92 Å². The van der Waals surface area contributed by atoms with Crippen molar-refractivity contribution in [2.45, 2.75) is 26.3 Å². The van der Waals surface area contributed by atoms with Crippen molar-refractivity contribution in [2.75, 3.05) is 19.6 Å². The molecule has 0 saturated carbocycles. The molecular formula is C18H23FN4O. The SMILES string of the molecule is Cc1cc(C(=O)NC[C@@H]2CCCN(Cc3ccccc3F)C2)n[nH]1. The molecule has 128 valence electrons. The number of halogens is 1. The second kappa shape index (κ2) is 7.57. The minimum Gasteiger partial charge on any atom is -0.350 e. The molecule has 1 aromatic carbocycles. The molecule has 1 amide bonds. The number of carbonyl (C=O) groups is 1. The molecule has 3 rings (SSSR count). The first-order valence-corrected chi connectivity index (χ1v) is 8.38. The maximum atomic E-state index is 13.8. The van der Waals surface area contributed by atoms with E-state index in [9.17, 15) is 9.18 Å². The van der Waals surface area contributed by atoms with E-state index < -0.39 is 0 Å². The number of aryl methyl sites for hydroxylation is 1. The summed E-state index contributed by atoms with van der Waals surface area (Å²) >= 11 is 0. The van der Waals surface area contributed by atoms with E-state index in [4.69, 9.17) is 0 Å². The number of rotatable bonds is 5. The smallest absolute Gasteiger partial charge is 0.271 e. The van der Waals surface area contributed by atoms with E-state index in [0.717, 1.165) is 37.2 Å². The standard InChI is InChI=1S/C18H23FN4O/c1-13-9-17(22-21-13)18(24)20-10-14-5-4-8-23(11-14)12-15-6-2-3-7-16(15)19/h2-3,6-7,9,14H,4-5,8,10-12H2,1H3,(H,20,24)(H,21,22)/t14-/m0/s1. The minimum atomic E-state index is -0.151. The first kappa shape index (κ1) is 16.6. The average Bonchev–Trinajstić information content (AvgIpc) is 3.02. The number of likely N-dealkylation sites (tertiary alicyclic amines) is 1. The number of hydrogen-bond acceptors (Lipinski definition) is 3. The summed E-state index contributed by atoms with van der Waals surface area (Å²) in [7, 11) is 0. The Bertz CT molecular complexity index is 700. The molecule has 1 aliphatic rings. The fourth-order valence-electron chi connectivity index (χ4n) is 3.19. The molecule has 0 aliphatic carbocycles. The number of nitrogens with zero attached hydrogens (tertiary/aromatic N) is 2. The highest BCUT2D eigenvalue weighted by Crippen LogP contribution is 2.19. The van der Waals surface area contributed by atoms with Gasteiger partial charge in [-0.05, 0) is 44.4 Å². The van der Waals surface area contributed by atoms with E-state index in [1.807, 2.05) is 19.1 Å². The molecular weight excluding hydrogens is 307 g/mol. The lowest BCUT2D eigenvalue weighted by atomic mass is 9.97. The molecule has 6 heteroatoms. The zero-order valence-corrected chi connectivity index (χ0v) is 13.9. The van der Waals surface area contributed by atoms with Crippen LogP contribution in [-0.4, -0.2) is 40.6 Å². The summed E-state index contributed by atoms with van der Waals surface area (Å²) in [5.41, 5.74) is 2.02. The van der Waals surface area contributed by atoms with Gasteiger partial charge in [0.05, 0.1) is 0 Å². The Balaban J connectivity index is 1.50. The largest absolute Gasteiger partial charge is 0.350 e. The Morgan fingerprint density at radius 1 is 1.46 bits per heavy atom. The lowest BCUT2D eigenvalue weighted by molar-refractivity contribution is 0.0925. The van der Waals surface area contributed by atoms with Crippen molar-refractivity contribution < 1.29 is 9.18 Å². The third kappa shape index (κ3) is 4.20. The molecule has 1 fully saturated rings. The van der Waals surface area contributed by atoms with Gasteiger partial charge in [-0.1, -0.05) is 18.2 Å². The van der Waals surface area contributed by atoms with Gasteiger partial charge in [-0.25, -0.2) is 4.39 Å². The summed E-state index contributed by atoms with van der Waals surface area (Å²) in [6.07, 6.45) is 2.14. The van der Waals surface area contributed by atoms with E-state index in [1.54, 1.807) is 12.1 Å². The Labute approximate surface area is 141 Å². The molecule has 0 bridgehead atoms. The summed E-state index contributed by atoms with van der Waals surface area (Å²) in [4.78, 5) is 14.3. The van der Waals surface area contributed by atoms with Gasteiger partial charge in [-0.3, -0.25) is 14.8 Å². The molecule has 5 nitrogen and oxygen atoms in total. The number of H-pyrrole nitrogens is 1. The van der Waals surface area contributed by atoms with Crippen LogP contribution in [0.15, 0.2) is 30.3 Å². The van der Waals surface area contributed by atoms with Crippen molar-refractivity contribution in [1.82, 2.24) is 20.4 Å². The third-order valence-corrected chi connectivity index (χ3v) is 4.44. The summed E-state index contributed by atoms with van der Waals surface area (Å²) in [6.45, 7) is 4.95. The lowest BCUT2D eigenvalue weighted by Crippen LogP contribution is -2.40. The van der Waals surface area contributed by atoms with Gasteiger partial charge in [0.2, 0.25) is 0 Å². The monoisotopic (exact) mass is 330 g/mol. The minimum absolute atomic E-state index is 0.148. The van der Waals surface area contributed by atoms with E-state index >= 15 is 0 Å². The van der Waals surface area contributed by atoms with Crippen molar-refractivity contribution in [3.63, 3.8) is 0 Å². The van der Waals surface area contributed by atoms with Gasteiger partial charge in [-0.15, -0.1) is 0 Å². The number of hydrogen-bond donors (Lipinski definition) is 2. The first-order valence-electron chi connectivity index (χ1n) is 8.38. The first-order chi connectivity index (χ1) is 11.6. The lowest BCUT2D eigenvalue weighted by Gasteiger charge is -2.32. The Kier molecular flexibility index (Phi) is 5.25. The molecule has 1 aliphatic heterocycles. The normalized spacial score (nSPS) is 18.5. The van der Waals surface area contributed by atoms with Crippen LogP contribution in [0.25, 0.3) is 0 Å². The summed E-state index contributed by atoms with van der Waals surface area (Å²) in [5, 5.41) is 9.70. The zero-order chi connectivity index (χ0) is 16.9. The number of piperidine rings is 1. The van der Waals surface area contributed by atoms with Gasteiger partial charge in [0.15, 0.2) is 0 Å². The van der Waals surface area contributed by atoms with E-state index in [1.165, 1.54) is 6.07 Å². The van der Waals surface area contributed by atoms with Crippen molar-refractivity contribution in [3.8, 4) is 0 Å². The number of carbonyl (C=O) groups excluding carboxylic acids is 1. The number of amides is 1. The highest BCUT2D eigenvalue weighted by atomic mass is 19.1. The topological polar surface area (TPSA) is 61.0 Å². The van der Waals surface area contributed by atoms with Gasteiger partial charge in [0, 0.05) is 30.9 Å². The zero-order valence-electron chi connectivity index (χ0n) is 13.9. The van der Waals surface area contributed by atoms with Gasteiger partial charge in [0.25, 0.3) is 5.91 Å². The summed E-state index contributed by atoms with van der Waals surface area (Å²) in [5.74, 6) is 0.0851. The maximum Gasteiger partial charge on any atom is 0.271 e. The summed E-state index contributed by atoms with van der Waals surface area (Å²) in [6, 6.07) is 8.65. The molecule has 2 N–H and O–H groups in total. The van der Waals surface area contributed by atoms with Crippen molar-refractivity contribution >= 4 is 5.91 Å². The van der Waals surface area contributed by atoms with Crippen LogP contribution >= 0.6 is 0 Å². The highest BCUT2D eigenvalue weighted by Gasteiger charge is 2.21. The van der Waals surface area contributed by atoms with Crippen LogP contribution in [0, 0.1) is 18.7 Å². The number of nitrogens with one attached hydrogen (secondary N) is 2. The Hall–Kier alpha value is -2.21. The van der Waals surface area contributed by atoms with Gasteiger partial charge < -0.3 is 5.32 Å². The molecule has 0 spiro atoms. The number of aromatic amines is 1. The fraction of sp³-hybridized carbons (Fsp3) is 0.444. The Morgan fingerprint density at radius 2 is 2.29 bits per heavy atom. The molecule has 1 saturated heterocycles. The van der Waals surface area contributed by atoms with Crippen LogP contribution in [0.3, 0.4) is 0 Å². The Morgan fingerprint density at radius 3 is 3.04 bits per heavy atom. The van der Waals surface area contributed by atoms with E-state index in [2.05, 4.69) is 20.4 Å². The number of aromatic nitrogens is 2. The van der Waals surface area contributed by atoms with E-state index in [0.29, 0.717) is 24.7 Å². The second-order valence-electron chi connectivity index (χ2n) is 6.48. The highest BCUT2D eigenvalue weighted by molar-refractivity contribution is 5.92. The van der Waals surface area contributed by atoms with Crippen LogP contribution < -0.4 is 5.32 Å². The van der Waals surface area contributed by atoms with Gasteiger partial charge in [0.1, 0.15) is 11.5 Å².